The smallest absolute Gasteiger partial charge is 0.191 e. The van der Waals surface area contributed by atoms with Crippen molar-refractivity contribution in [2.45, 2.75) is 38.6 Å². The quantitative estimate of drug-likeness (QED) is 0.239. The van der Waals surface area contributed by atoms with E-state index in [0.717, 1.165) is 42.6 Å². The van der Waals surface area contributed by atoms with Crippen LogP contribution in [0.1, 0.15) is 24.7 Å². The van der Waals surface area contributed by atoms with Crippen LogP contribution in [0, 0.1) is 13.8 Å². The molecule has 1 unspecified atom stereocenters. The molecule has 2 N–H and O–H groups in total. The molecule has 2 rings (SSSR count). The van der Waals surface area contributed by atoms with E-state index in [2.05, 4.69) is 33.7 Å². The standard InChI is InChI=1S/C19H29N5OS.HI/c1-4-20-19(21-11-8-13-24-17(3)15-16(2)23-24)22-12-14-26(25)18-9-6-5-7-10-18;/h5-7,9-10,15H,4,8,11-14H2,1-3H3,(H2,20,21,22);1H. The molecule has 0 aliphatic rings. The Labute approximate surface area is 181 Å². The molecule has 0 fully saturated rings. The lowest BCUT2D eigenvalue weighted by atomic mass is 10.4. The van der Waals surface area contributed by atoms with Crippen molar-refractivity contribution in [3.05, 3.63) is 47.8 Å². The van der Waals surface area contributed by atoms with Crippen LogP contribution in [-0.4, -0.2) is 45.3 Å². The molecule has 0 aliphatic heterocycles. The second kappa shape index (κ2) is 12.9. The molecule has 8 heteroatoms. The third-order valence-electron chi connectivity index (χ3n) is 3.83. The molecule has 27 heavy (non-hydrogen) atoms. The largest absolute Gasteiger partial charge is 0.357 e. The van der Waals surface area contributed by atoms with Crippen LogP contribution in [0.2, 0.25) is 0 Å². The number of aromatic nitrogens is 2. The van der Waals surface area contributed by atoms with Crippen molar-refractivity contribution < 1.29 is 4.21 Å². The molecule has 0 radical (unpaired) electrons. The molecule has 0 spiro atoms. The van der Waals surface area contributed by atoms with E-state index in [1.165, 1.54) is 5.69 Å². The van der Waals surface area contributed by atoms with Crippen molar-refractivity contribution in [2.24, 2.45) is 4.99 Å². The molecule has 2 aromatic rings. The van der Waals surface area contributed by atoms with Crippen molar-refractivity contribution in [3.8, 4) is 0 Å². The number of aliphatic imine (C=N–C) groups is 1. The van der Waals surface area contributed by atoms with Gasteiger partial charge >= 0.3 is 0 Å². The molecule has 0 saturated carbocycles. The summed E-state index contributed by atoms with van der Waals surface area (Å²) in [7, 11) is -0.993. The minimum atomic E-state index is -0.993. The van der Waals surface area contributed by atoms with Gasteiger partial charge in [-0.25, -0.2) is 0 Å². The molecule has 1 heterocycles. The first-order chi connectivity index (χ1) is 12.6. The van der Waals surface area contributed by atoms with Gasteiger partial charge in [-0.15, -0.1) is 24.0 Å². The van der Waals surface area contributed by atoms with Gasteiger partial charge < -0.3 is 10.6 Å². The van der Waals surface area contributed by atoms with E-state index >= 15 is 0 Å². The Bertz CT molecular complexity index is 733. The normalized spacial score (nSPS) is 12.3. The summed E-state index contributed by atoms with van der Waals surface area (Å²) >= 11 is 0. The first-order valence-electron chi connectivity index (χ1n) is 9.06. The van der Waals surface area contributed by atoms with Gasteiger partial charge in [0.1, 0.15) is 0 Å². The molecule has 0 saturated heterocycles. The van der Waals surface area contributed by atoms with Gasteiger partial charge in [0.2, 0.25) is 0 Å². The Morgan fingerprint density at radius 2 is 1.96 bits per heavy atom. The summed E-state index contributed by atoms with van der Waals surface area (Å²) in [5.41, 5.74) is 2.23. The summed E-state index contributed by atoms with van der Waals surface area (Å²) in [6, 6.07) is 11.6. The van der Waals surface area contributed by atoms with Gasteiger partial charge in [0, 0.05) is 42.5 Å². The van der Waals surface area contributed by atoms with Crippen LogP contribution in [0.3, 0.4) is 0 Å². The average Bonchev–Trinajstić information content (AvgIpc) is 2.96. The lowest BCUT2D eigenvalue weighted by Crippen LogP contribution is -2.39. The highest BCUT2D eigenvalue weighted by Crippen LogP contribution is 2.05. The number of halogens is 1. The molecule has 0 bridgehead atoms. The van der Waals surface area contributed by atoms with Gasteiger partial charge in [0.05, 0.1) is 16.5 Å². The second-order valence-corrected chi connectivity index (χ2v) is 7.62. The Morgan fingerprint density at radius 1 is 1.22 bits per heavy atom. The van der Waals surface area contributed by atoms with E-state index < -0.39 is 10.8 Å². The molecule has 1 aromatic carbocycles. The van der Waals surface area contributed by atoms with E-state index in [1.807, 2.05) is 48.9 Å². The summed E-state index contributed by atoms with van der Waals surface area (Å²) in [5.74, 6) is 1.33. The number of nitrogens with zero attached hydrogens (tertiary/aromatic N) is 3. The summed E-state index contributed by atoms with van der Waals surface area (Å²) < 4.78 is 14.3. The predicted octanol–water partition coefficient (Wildman–Crippen LogP) is 2.87. The third kappa shape index (κ3) is 8.42. The van der Waals surface area contributed by atoms with E-state index in [1.54, 1.807) is 0 Å². The average molecular weight is 503 g/mol. The minimum Gasteiger partial charge on any atom is -0.357 e. The molecular formula is C19H30IN5OS. The predicted molar refractivity (Wildman–Crippen MR) is 123 cm³/mol. The van der Waals surface area contributed by atoms with Crippen molar-refractivity contribution >= 4 is 40.7 Å². The van der Waals surface area contributed by atoms with E-state index in [-0.39, 0.29) is 24.0 Å². The molecule has 6 nitrogen and oxygen atoms in total. The topological polar surface area (TPSA) is 71.3 Å². The maximum atomic E-state index is 12.2. The number of aryl methyl sites for hydroxylation is 3. The second-order valence-electron chi connectivity index (χ2n) is 6.05. The molecule has 1 aromatic heterocycles. The minimum absolute atomic E-state index is 0. The Kier molecular flexibility index (Phi) is 11.3. The van der Waals surface area contributed by atoms with Crippen molar-refractivity contribution in [2.75, 3.05) is 25.4 Å². The lowest BCUT2D eigenvalue weighted by Gasteiger charge is -2.11. The SMILES string of the molecule is CCNC(=NCCCn1nc(C)cc1C)NCCS(=O)c1ccccc1.I. The van der Waals surface area contributed by atoms with Gasteiger partial charge in [-0.3, -0.25) is 13.9 Å². The fourth-order valence-corrected chi connectivity index (χ4v) is 3.59. The molecule has 1 atom stereocenters. The zero-order chi connectivity index (χ0) is 18.8. The maximum Gasteiger partial charge on any atom is 0.191 e. The summed E-state index contributed by atoms with van der Waals surface area (Å²) in [5, 5.41) is 11.0. The van der Waals surface area contributed by atoms with Gasteiger partial charge in [-0.05, 0) is 45.4 Å². The summed E-state index contributed by atoms with van der Waals surface area (Å²) in [4.78, 5) is 5.45. The monoisotopic (exact) mass is 503 g/mol. The summed E-state index contributed by atoms with van der Waals surface area (Å²) in [6.45, 7) is 9.11. The molecule has 0 aliphatic carbocycles. The van der Waals surface area contributed by atoms with Gasteiger partial charge in [0.15, 0.2) is 5.96 Å². The highest BCUT2D eigenvalue weighted by atomic mass is 127. The van der Waals surface area contributed by atoms with E-state index in [9.17, 15) is 4.21 Å². The highest BCUT2D eigenvalue weighted by Gasteiger charge is 2.04. The van der Waals surface area contributed by atoms with E-state index in [0.29, 0.717) is 12.3 Å². The number of nitrogens with one attached hydrogen (secondary N) is 2. The fourth-order valence-electron chi connectivity index (χ4n) is 2.61. The Morgan fingerprint density at radius 3 is 2.59 bits per heavy atom. The number of rotatable bonds is 9. The number of hydrogen-bond donors (Lipinski definition) is 2. The first-order valence-corrected chi connectivity index (χ1v) is 10.4. The number of guanidine groups is 1. The van der Waals surface area contributed by atoms with Crippen LogP contribution in [0.4, 0.5) is 0 Å². The number of benzene rings is 1. The maximum absolute atomic E-state index is 12.2. The Balaban J connectivity index is 0.00000364. The van der Waals surface area contributed by atoms with Gasteiger partial charge in [-0.1, -0.05) is 18.2 Å². The van der Waals surface area contributed by atoms with Crippen molar-refractivity contribution in [3.63, 3.8) is 0 Å². The number of hydrogen-bond acceptors (Lipinski definition) is 3. The van der Waals surface area contributed by atoms with Crippen LogP contribution >= 0.6 is 24.0 Å². The Hall–Kier alpha value is -1.42. The highest BCUT2D eigenvalue weighted by molar-refractivity contribution is 14.0. The lowest BCUT2D eigenvalue weighted by molar-refractivity contribution is 0.567. The van der Waals surface area contributed by atoms with Crippen LogP contribution < -0.4 is 10.6 Å². The fraction of sp³-hybridized carbons (Fsp3) is 0.474. The first kappa shape index (κ1) is 23.6. The van der Waals surface area contributed by atoms with Crippen molar-refractivity contribution in [1.82, 2.24) is 20.4 Å². The van der Waals surface area contributed by atoms with E-state index in [4.69, 9.17) is 0 Å². The molecular weight excluding hydrogens is 473 g/mol. The van der Waals surface area contributed by atoms with Crippen molar-refractivity contribution in [1.29, 1.82) is 0 Å². The summed E-state index contributed by atoms with van der Waals surface area (Å²) in [6.07, 6.45) is 0.925. The van der Waals surface area contributed by atoms with Crippen LogP contribution in [0.15, 0.2) is 46.3 Å². The van der Waals surface area contributed by atoms with Gasteiger partial charge in [-0.2, -0.15) is 5.10 Å². The van der Waals surface area contributed by atoms with Crippen LogP contribution in [0.25, 0.3) is 0 Å². The molecule has 0 amide bonds. The zero-order valence-electron chi connectivity index (χ0n) is 16.3. The van der Waals surface area contributed by atoms with Crippen LogP contribution in [-0.2, 0) is 17.3 Å². The zero-order valence-corrected chi connectivity index (χ0v) is 19.4. The molecule has 150 valence electrons. The van der Waals surface area contributed by atoms with Gasteiger partial charge in [0.25, 0.3) is 0 Å². The third-order valence-corrected chi connectivity index (χ3v) is 5.20. The van der Waals surface area contributed by atoms with Crippen LogP contribution in [0.5, 0.6) is 0 Å².